The zero-order valence-corrected chi connectivity index (χ0v) is 13.8. The highest BCUT2D eigenvalue weighted by molar-refractivity contribution is 7.89. The standard InChI is InChI=1S/C15H23NO4S/c1-5-11-8-9-13(10-14(11)15(17)18)21(19,20)16(4)12(6-2)7-3/h8-10,12H,5-7H2,1-4H3,(H,17,18). The van der Waals surface area contributed by atoms with Crippen molar-refractivity contribution in [3.63, 3.8) is 0 Å². The molecule has 0 aromatic heterocycles. The maximum Gasteiger partial charge on any atom is 0.336 e. The molecule has 0 aliphatic rings. The molecule has 1 rings (SSSR count). The minimum Gasteiger partial charge on any atom is -0.478 e. The van der Waals surface area contributed by atoms with E-state index in [9.17, 15) is 18.3 Å². The van der Waals surface area contributed by atoms with E-state index in [0.29, 0.717) is 24.8 Å². The number of carboxylic acids is 1. The second kappa shape index (κ2) is 7.04. The lowest BCUT2D eigenvalue weighted by molar-refractivity contribution is 0.0695. The number of hydrogen-bond donors (Lipinski definition) is 1. The highest BCUT2D eigenvalue weighted by atomic mass is 32.2. The lowest BCUT2D eigenvalue weighted by Gasteiger charge is -2.25. The van der Waals surface area contributed by atoms with Gasteiger partial charge in [0.15, 0.2) is 0 Å². The van der Waals surface area contributed by atoms with Gasteiger partial charge in [-0.15, -0.1) is 0 Å². The van der Waals surface area contributed by atoms with Crippen LogP contribution in [0.3, 0.4) is 0 Å². The van der Waals surface area contributed by atoms with Crippen LogP contribution in [-0.4, -0.2) is 36.9 Å². The summed E-state index contributed by atoms with van der Waals surface area (Å²) in [6.45, 7) is 5.71. The number of aryl methyl sites for hydroxylation is 1. The van der Waals surface area contributed by atoms with E-state index in [4.69, 9.17) is 0 Å². The minimum absolute atomic E-state index is 0.0338. The van der Waals surface area contributed by atoms with Gasteiger partial charge in [0.05, 0.1) is 10.5 Å². The van der Waals surface area contributed by atoms with Crippen LogP contribution < -0.4 is 0 Å². The first-order valence-corrected chi connectivity index (χ1v) is 8.57. The Morgan fingerprint density at radius 1 is 1.24 bits per heavy atom. The molecule has 0 amide bonds. The molecule has 21 heavy (non-hydrogen) atoms. The van der Waals surface area contributed by atoms with E-state index in [1.54, 1.807) is 13.1 Å². The van der Waals surface area contributed by atoms with Gasteiger partial charge in [-0.2, -0.15) is 4.31 Å². The molecule has 0 bridgehead atoms. The van der Waals surface area contributed by atoms with Gasteiger partial charge in [-0.25, -0.2) is 13.2 Å². The topological polar surface area (TPSA) is 74.7 Å². The third-order valence-corrected chi connectivity index (χ3v) is 5.73. The summed E-state index contributed by atoms with van der Waals surface area (Å²) >= 11 is 0. The fourth-order valence-electron chi connectivity index (χ4n) is 2.39. The van der Waals surface area contributed by atoms with E-state index in [0.717, 1.165) is 0 Å². The van der Waals surface area contributed by atoms with Crippen LogP contribution in [-0.2, 0) is 16.4 Å². The third-order valence-electron chi connectivity index (χ3n) is 3.83. The maximum absolute atomic E-state index is 12.6. The number of benzene rings is 1. The predicted molar refractivity (Wildman–Crippen MR) is 82.1 cm³/mol. The highest BCUT2D eigenvalue weighted by Crippen LogP contribution is 2.22. The number of aromatic carboxylic acids is 1. The van der Waals surface area contributed by atoms with E-state index in [1.807, 2.05) is 20.8 Å². The van der Waals surface area contributed by atoms with Gasteiger partial charge >= 0.3 is 5.97 Å². The van der Waals surface area contributed by atoms with Gasteiger partial charge in [-0.3, -0.25) is 0 Å². The Labute approximate surface area is 126 Å². The van der Waals surface area contributed by atoms with Gasteiger partial charge in [-0.05, 0) is 37.0 Å². The smallest absolute Gasteiger partial charge is 0.336 e. The van der Waals surface area contributed by atoms with E-state index < -0.39 is 16.0 Å². The SMILES string of the molecule is CCc1ccc(S(=O)(=O)N(C)C(CC)CC)cc1C(=O)O. The molecule has 5 nitrogen and oxygen atoms in total. The molecule has 0 aliphatic heterocycles. The lowest BCUT2D eigenvalue weighted by atomic mass is 10.1. The zero-order chi connectivity index (χ0) is 16.2. The molecular formula is C15H23NO4S. The van der Waals surface area contributed by atoms with Gasteiger partial charge < -0.3 is 5.11 Å². The normalized spacial score (nSPS) is 12.1. The number of hydrogen-bond acceptors (Lipinski definition) is 3. The molecule has 0 spiro atoms. The fourth-order valence-corrected chi connectivity index (χ4v) is 3.92. The monoisotopic (exact) mass is 313 g/mol. The summed E-state index contributed by atoms with van der Waals surface area (Å²) < 4.78 is 26.5. The van der Waals surface area contributed by atoms with Crippen LogP contribution >= 0.6 is 0 Å². The number of carboxylic acid groups (broad SMARTS) is 1. The number of nitrogens with zero attached hydrogens (tertiary/aromatic N) is 1. The Morgan fingerprint density at radius 2 is 1.81 bits per heavy atom. The molecule has 0 saturated heterocycles. The molecule has 1 N–H and O–H groups in total. The molecule has 0 aliphatic carbocycles. The summed E-state index contributed by atoms with van der Waals surface area (Å²) in [5, 5.41) is 9.22. The van der Waals surface area contributed by atoms with Crippen molar-refractivity contribution in [1.82, 2.24) is 4.31 Å². The molecular weight excluding hydrogens is 290 g/mol. The first-order chi connectivity index (χ1) is 9.79. The van der Waals surface area contributed by atoms with Crippen LogP contribution in [0.5, 0.6) is 0 Å². The Bertz CT molecular complexity index is 606. The maximum atomic E-state index is 12.6. The highest BCUT2D eigenvalue weighted by Gasteiger charge is 2.27. The number of carbonyl (C=O) groups is 1. The Hall–Kier alpha value is -1.40. The summed E-state index contributed by atoms with van der Waals surface area (Å²) in [5.74, 6) is -1.10. The van der Waals surface area contributed by atoms with Crippen LogP contribution in [0, 0.1) is 0 Å². The van der Waals surface area contributed by atoms with Crippen molar-refractivity contribution in [2.24, 2.45) is 0 Å². The van der Waals surface area contributed by atoms with Crippen molar-refractivity contribution in [2.45, 2.75) is 51.0 Å². The first kappa shape index (κ1) is 17.7. The second-order valence-electron chi connectivity index (χ2n) is 4.97. The molecule has 0 fully saturated rings. The zero-order valence-electron chi connectivity index (χ0n) is 13.0. The van der Waals surface area contributed by atoms with Crippen molar-refractivity contribution in [1.29, 1.82) is 0 Å². The Kier molecular flexibility index (Phi) is 5.92. The molecule has 118 valence electrons. The van der Waals surface area contributed by atoms with Crippen molar-refractivity contribution in [2.75, 3.05) is 7.05 Å². The average Bonchev–Trinajstić information content (AvgIpc) is 2.47. The van der Waals surface area contributed by atoms with Crippen LogP contribution in [0.2, 0.25) is 0 Å². The summed E-state index contributed by atoms with van der Waals surface area (Å²) in [6, 6.07) is 4.24. The largest absolute Gasteiger partial charge is 0.478 e. The van der Waals surface area contributed by atoms with E-state index in [2.05, 4.69) is 0 Å². The van der Waals surface area contributed by atoms with Crippen molar-refractivity contribution >= 4 is 16.0 Å². The number of sulfonamides is 1. The van der Waals surface area contributed by atoms with Gasteiger partial charge in [0, 0.05) is 13.1 Å². The quantitative estimate of drug-likeness (QED) is 0.840. The Balaban J connectivity index is 3.32. The summed E-state index contributed by atoms with van der Waals surface area (Å²) in [4.78, 5) is 11.3. The molecule has 0 heterocycles. The first-order valence-electron chi connectivity index (χ1n) is 7.13. The lowest BCUT2D eigenvalue weighted by Crippen LogP contribution is -2.36. The minimum atomic E-state index is -3.67. The van der Waals surface area contributed by atoms with E-state index >= 15 is 0 Å². The van der Waals surface area contributed by atoms with Gasteiger partial charge in [-0.1, -0.05) is 26.8 Å². The van der Waals surface area contributed by atoms with E-state index in [-0.39, 0.29) is 16.5 Å². The van der Waals surface area contributed by atoms with Crippen molar-refractivity contribution < 1.29 is 18.3 Å². The van der Waals surface area contributed by atoms with Gasteiger partial charge in [0.1, 0.15) is 0 Å². The molecule has 0 radical (unpaired) electrons. The molecule has 1 aromatic carbocycles. The van der Waals surface area contributed by atoms with Gasteiger partial charge in [0.25, 0.3) is 0 Å². The summed E-state index contributed by atoms with van der Waals surface area (Å²) in [6.07, 6.45) is 1.97. The fraction of sp³-hybridized carbons (Fsp3) is 0.533. The summed E-state index contributed by atoms with van der Waals surface area (Å²) in [5.41, 5.74) is 0.683. The molecule has 6 heteroatoms. The van der Waals surface area contributed by atoms with Crippen molar-refractivity contribution in [3.05, 3.63) is 29.3 Å². The van der Waals surface area contributed by atoms with Crippen LogP contribution in [0.25, 0.3) is 0 Å². The molecule has 0 saturated carbocycles. The second-order valence-corrected chi connectivity index (χ2v) is 6.97. The van der Waals surface area contributed by atoms with Crippen LogP contribution in [0.4, 0.5) is 0 Å². The van der Waals surface area contributed by atoms with E-state index in [1.165, 1.54) is 16.4 Å². The van der Waals surface area contributed by atoms with Crippen LogP contribution in [0.15, 0.2) is 23.1 Å². The number of rotatable bonds is 7. The third kappa shape index (κ3) is 3.63. The Morgan fingerprint density at radius 3 is 2.24 bits per heavy atom. The van der Waals surface area contributed by atoms with Gasteiger partial charge in [0.2, 0.25) is 10.0 Å². The molecule has 0 atom stereocenters. The van der Waals surface area contributed by atoms with Crippen LogP contribution in [0.1, 0.15) is 49.5 Å². The summed E-state index contributed by atoms with van der Waals surface area (Å²) in [7, 11) is -2.13. The molecule has 0 unspecified atom stereocenters. The van der Waals surface area contributed by atoms with Crippen molar-refractivity contribution in [3.8, 4) is 0 Å². The average molecular weight is 313 g/mol. The predicted octanol–water partition coefficient (Wildman–Crippen LogP) is 2.76. The molecule has 1 aromatic rings.